The molecule has 2 heterocycles. The molecule has 43 heavy (non-hydrogen) atoms. The summed E-state index contributed by atoms with van der Waals surface area (Å²) in [6.07, 6.45) is 3.35. The SMILES string of the molecule is COC(=O)c1c(-c2cc(OC)c(OC)c(OC)c2)c2cc(OC)c(OCc3ccncc3)cc2c(=O)n1-c1ccccc1. The Morgan fingerprint density at radius 2 is 1.37 bits per heavy atom. The predicted octanol–water partition coefficient (Wildman–Crippen LogP) is 5.45. The molecular weight excluding hydrogens is 552 g/mol. The van der Waals surface area contributed by atoms with Gasteiger partial charge in [-0.1, -0.05) is 18.2 Å². The first-order valence-corrected chi connectivity index (χ1v) is 13.2. The topological polar surface area (TPSA) is 107 Å². The quantitative estimate of drug-likeness (QED) is 0.199. The van der Waals surface area contributed by atoms with Crippen molar-refractivity contribution in [3.8, 4) is 45.6 Å². The van der Waals surface area contributed by atoms with Crippen LogP contribution < -0.4 is 29.2 Å². The van der Waals surface area contributed by atoms with Gasteiger partial charge in [-0.2, -0.15) is 0 Å². The van der Waals surface area contributed by atoms with Crippen molar-refractivity contribution in [3.63, 3.8) is 0 Å². The second-order valence-electron chi connectivity index (χ2n) is 9.30. The number of hydrogen-bond donors (Lipinski definition) is 0. The van der Waals surface area contributed by atoms with Crippen molar-refractivity contribution < 1.29 is 33.2 Å². The van der Waals surface area contributed by atoms with E-state index in [1.165, 1.54) is 40.1 Å². The molecule has 5 rings (SSSR count). The highest BCUT2D eigenvalue weighted by atomic mass is 16.5. The second-order valence-corrected chi connectivity index (χ2v) is 9.30. The van der Waals surface area contributed by atoms with Crippen LogP contribution in [0.4, 0.5) is 0 Å². The number of nitrogens with zero attached hydrogens (tertiary/aromatic N) is 2. The first-order chi connectivity index (χ1) is 20.9. The zero-order valence-corrected chi connectivity index (χ0v) is 24.4. The molecule has 2 aromatic heterocycles. The molecule has 0 bridgehead atoms. The number of pyridine rings is 2. The summed E-state index contributed by atoms with van der Waals surface area (Å²) in [6.45, 7) is 0.219. The third kappa shape index (κ3) is 5.42. The Balaban J connectivity index is 1.90. The number of carbonyl (C=O) groups excluding carboxylic acids is 1. The number of aromatic nitrogens is 2. The van der Waals surface area contributed by atoms with Crippen molar-refractivity contribution in [1.29, 1.82) is 0 Å². The number of methoxy groups -OCH3 is 5. The number of carbonyl (C=O) groups is 1. The van der Waals surface area contributed by atoms with E-state index in [1.807, 2.05) is 18.2 Å². The smallest absolute Gasteiger partial charge is 0.355 e. The third-order valence-electron chi connectivity index (χ3n) is 6.96. The van der Waals surface area contributed by atoms with Gasteiger partial charge in [0.15, 0.2) is 23.0 Å². The largest absolute Gasteiger partial charge is 0.493 e. The van der Waals surface area contributed by atoms with E-state index in [0.717, 1.165) is 5.56 Å². The zero-order chi connectivity index (χ0) is 30.5. The van der Waals surface area contributed by atoms with Gasteiger partial charge in [-0.15, -0.1) is 0 Å². The molecule has 0 atom stereocenters. The summed E-state index contributed by atoms with van der Waals surface area (Å²) in [5.74, 6) is 1.10. The molecule has 0 aliphatic rings. The lowest BCUT2D eigenvalue weighted by molar-refractivity contribution is 0.0591. The molecule has 0 aliphatic carbocycles. The summed E-state index contributed by atoms with van der Waals surface area (Å²) < 4.78 is 35.2. The number of benzene rings is 3. The number of ether oxygens (including phenoxy) is 6. The molecule has 0 unspecified atom stereocenters. The van der Waals surface area contributed by atoms with E-state index in [1.54, 1.807) is 60.9 Å². The van der Waals surface area contributed by atoms with E-state index >= 15 is 0 Å². The van der Waals surface area contributed by atoms with Gasteiger partial charge in [-0.3, -0.25) is 14.3 Å². The molecule has 0 radical (unpaired) electrons. The van der Waals surface area contributed by atoms with Crippen molar-refractivity contribution in [2.75, 3.05) is 35.5 Å². The number of hydrogen-bond acceptors (Lipinski definition) is 9. The van der Waals surface area contributed by atoms with Crippen LogP contribution in [0.2, 0.25) is 0 Å². The van der Waals surface area contributed by atoms with Crippen LogP contribution in [0.3, 0.4) is 0 Å². The molecule has 0 fully saturated rings. The molecule has 0 amide bonds. The van der Waals surface area contributed by atoms with Crippen LogP contribution in [0.1, 0.15) is 16.1 Å². The number of fused-ring (bicyclic) bond motifs is 1. The molecule has 10 heteroatoms. The van der Waals surface area contributed by atoms with Crippen molar-refractivity contribution in [1.82, 2.24) is 9.55 Å². The summed E-state index contributed by atoms with van der Waals surface area (Å²) in [5.41, 5.74) is 1.82. The summed E-state index contributed by atoms with van der Waals surface area (Å²) >= 11 is 0. The van der Waals surface area contributed by atoms with Crippen LogP contribution in [0, 0.1) is 0 Å². The minimum Gasteiger partial charge on any atom is -0.493 e. The van der Waals surface area contributed by atoms with Crippen LogP contribution in [-0.2, 0) is 11.3 Å². The molecule has 220 valence electrons. The molecule has 3 aromatic carbocycles. The van der Waals surface area contributed by atoms with E-state index in [9.17, 15) is 9.59 Å². The highest BCUT2D eigenvalue weighted by molar-refractivity contribution is 6.08. The van der Waals surface area contributed by atoms with Crippen LogP contribution >= 0.6 is 0 Å². The minimum absolute atomic E-state index is 0.00739. The van der Waals surface area contributed by atoms with E-state index in [-0.39, 0.29) is 17.7 Å². The van der Waals surface area contributed by atoms with Crippen molar-refractivity contribution in [2.24, 2.45) is 0 Å². The molecule has 0 spiro atoms. The Kier molecular flexibility index (Phi) is 8.47. The van der Waals surface area contributed by atoms with Gasteiger partial charge in [0.25, 0.3) is 5.56 Å². The molecular formula is C33H30N2O8. The lowest BCUT2D eigenvalue weighted by atomic mass is 9.95. The Morgan fingerprint density at radius 1 is 0.744 bits per heavy atom. The lowest BCUT2D eigenvalue weighted by Crippen LogP contribution is -2.27. The van der Waals surface area contributed by atoms with Gasteiger partial charge in [-0.25, -0.2) is 4.79 Å². The summed E-state index contributed by atoms with van der Waals surface area (Å²) in [7, 11) is 7.28. The monoisotopic (exact) mass is 582 g/mol. The van der Waals surface area contributed by atoms with Gasteiger partial charge < -0.3 is 28.4 Å². The molecule has 5 aromatic rings. The van der Waals surface area contributed by atoms with Gasteiger partial charge in [0.1, 0.15) is 12.3 Å². The Morgan fingerprint density at radius 3 is 1.95 bits per heavy atom. The fourth-order valence-electron chi connectivity index (χ4n) is 4.95. The number of para-hydroxylation sites is 1. The normalized spacial score (nSPS) is 10.7. The zero-order valence-electron chi connectivity index (χ0n) is 24.4. The third-order valence-corrected chi connectivity index (χ3v) is 6.96. The van der Waals surface area contributed by atoms with Gasteiger partial charge in [0.05, 0.1) is 40.9 Å². The van der Waals surface area contributed by atoms with Crippen molar-refractivity contribution in [2.45, 2.75) is 6.61 Å². The standard InChI is InChI=1S/C33H30N2O8/c1-38-25-17-23-24(18-26(25)43-19-20-11-13-34-14-12-20)32(36)35(22-9-7-6-8-10-22)30(33(37)42-5)29(23)21-15-27(39-2)31(41-4)28(16-21)40-3/h6-18H,19H2,1-5H3. The van der Waals surface area contributed by atoms with Gasteiger partial charge >= 0.3 is 5.97 Å². The predicted molar refractivity (Wildman–Crippen MR) is 161 cm³/mol. The van der Waals surface area contributed by atoms with Crippen molar-refractivity contribution >= 4 is 16.7 Å². The fourth-order valence-corrected chi connectivity index (χ4v) is 4.95. The van der Waals surface area contributed by atoms with Crippen molar-refractivity contribution in [3.05, 3.63) is 101 Å². The summed E-state index contributed by atoms with van der Waals surface area (Å²) in [5, 5.41) is 0.714. The first-order valence-electron chi connectivity index (χ1n) is 13.2. The van der Waals surface area contributed by atoms with Crippen LogP contribution in [0.15, 0.2) is 83.9 Å². The second kappa shape index (κ2) is 12.6. The highest BCUT2D eigenvalue weighted by Crippen LogP contribution is 2.45. The first kappa shape index (κ1) is 29.0. The van der Waals surface area contributed by atoms with Crippen LogP contribution in [-0.4, -0.2) is 51.1 Å². The van der Waals surface area contributed by atoms with E-state index in [0.29, 0.717) is 50.9 Å². The van der Waals surface area contributed by atoms with Crippen LogP contribution in [0.25, 0.3) is 27.6 Å². The molecule has 0 saturated heterocycles. The Labute approximate surface area is 247 Å². The van der Waals surface area contributed by atoms with E-state index in [2.05, 4.69) is 4.98 Å². The highest BCUT2D eigenvalue weighted by Gasteiger charge is 2.28. The summed E-state index contributed by atoms with van der Waals surface area (Å²) in [4.78, 5) is 31.9. The Bertz CT molecular complexity index is 1810. The van der Waals surface area contributed by atoms with Gasteiger partial charge in [-0.05, 0) is 59.7 Å². The lowest BCUT2D eigenvalue weighted by Gasteiger charge is -2.21. The molecule has 0 N–H and O–H groups in total. The molecule has 10 nitrogen and oxygen atoms in total. The molecule has 0 aliphatic heterocycles. The minimum atomic E-state index is -0.719. The van der Waals surface area contributed by atoms with E-state index < -0.39 is 11.5 Å². The molecule has 0 saturated carbocycles. The maximum absolute atomic E-state index is 14.3. The maximum atomic E-state index is 14.3. The average Bonchev–Trinajstić information content (AvgIpc) is 3.06. The summed E-state index contributed by atoms with van der Waals surface area (Å²) in [6, 6.07) is 19.3. The van der Waals surface area contributed by atoms with E-state index in [4.69, 9.17) is 28.4 Å². The van der Waals surface area contributed by atoms with Crippen LogP contribution in [0.5, 0.6) is 28.7 Å². The average molecular weight is 583 g/mol. The Hall–Kier alpha value is -5.51. The van der Waals surface area contributed by atoms with Gasteiger partial charge in [0.2, 0.25) is 5.75 Å². The van der Waals surface area contributed by atoms with Gasteiger partial charge in [0, 0.05) is 29.0 Å². The number of rotatable bonds is 10. The fraction of sp³-hybridized carbons (Fsp3) is 0.182. The maximum Gasteiger partial charge on any atom is 0.355 e. The number of esters is 1.